The van der Waals surface area contributed by atoms with Gasteiger partial charge < -0.3 is 10.2 Å². The van der Waals surface area contributed by atoms with Gasteiger partial charge in [0.05, 0.1) is 0 Å². The van der Waals surface area contributed by atoms with E-state index in [9.17, 15) is 4.79 Å². The van der Waals surface area contributed by atoms with Crippen molar-refractivity contribution >= 4 is 11.7 Å². The number of hydrogen-bond donors (Lipinski definition) is 1. The quantitative estimate of drug-likeness (QED) is 0.896. The van der Waals surface area contributed by atoms with Crippen molar-refractivity contribution in [2.75, 3.05) is 18.4 Å². The van der Waals surface area contributed by atoms with Crippen LogP contribution < -0.4 is 5.32 Å². The number of likely N-dealkylation sites (tertiary alicyclic amines) is 1. The van der Waals surface area contributed by atoms with Gasteiger partial charge in [0.25, 0.3) is 0 Å². The van der Waals surface area contributed by atoms with Gasteiger partial charge in [0.15, 0.2) is 0 Å². The third-order valence-electron chi connectivity index (χ3n) is 5.66. The molecule has 3 heterocycles. The Morgan fingerprint density at radius 3 is 3.04 bits per heavy atom. The van der Waals surface area contributed by atoms with Gasteiger partial charge in [0, 0.05) is 49.7 Å². The first-order valence-electron chi connectivity index (χ1n) is 9.34. The summed E-state index contributed by atoms with van der Waals surface area (Å²) in [5.74, 6) is 1.17. The van der Waals surface area contributed by atoms with Crippen LogP contribution in [0, 0.1) is 12.3 Å². The minimum atomic E-state index is 0.272. The van der Waals surface area contributed by atoms with Crippen LogP contribution in [0.25, 0.3) is 0 Å². The minimum absolute atomic E-state index is 0.272. The molecule has 2 aromatic rings. The summed E-state index contributed by atoms with van der Waals surface area (Å²) >= 11 is 0. The lowest BCUT2D eigenvalue weighted by Gasteiger charge is -2.45. The summed E-state index contributed by atoms with van der Waals surface area (Å²) in [5, 5.41) is 3.50. The van der Waals surface area contributed by atoms with Crippen molar-refractivity contribution in [1.82, 2.24) is 19.9 Å². The van der Waals surface area contributed by atoms with Crippen molar-refractivity contribution in [3.8, 4) is 0 Å². The number of aromatic nitrogens is 3. The van der Waals surface area contributed by atoms with Gasteiger partial charge in [-0.25, -0.2) is 9.97 Å². The third-order valence-corrected chi connectivity index (χ3v) is 5.66. The van der Waals surface area contributed by atoms with Gasteiger partial charge in [-0.2, -0.15) is 0 Å². The second-order valence-corrected chi connectivity index (χ2v) is 7.72. The molecule has 2 aliphatic rings. The molecule has 1 aliphatic carbocycles. The van der Waals surface area contributed by atoms with E-state index in [0.29, 0.717) is 17.9 Å². The highest BCUT2D eigenvalue weighted by molar-refractivity contribution is 5.76. The fourth-order valence-electron chi connectivity index (χ4n) is 4.27. The highest BCUT2D eigenvalue weighted by atomic mass is 16.2. The van der Waals surface area contributed by atoms with Crippen molar-refractivity contribution in [2.24, 2.45) is 5.41 Å². The number of anilines is 1. The molecule has 136 valence electrons. The Morgan fingerprint density at radius 2 is 2.27 bits per heavy atom. The largest absolute Gasteiger partial charge is 0.367 e. The molecule has 1 aliphatic heterocycles. The number of nitrogens with one attached hydrogen (secondary N) is 1. The van der Waals surface area contributed by atoms with Crippen LogP contribution in [0.5, 0.6) is 0 Å². The van der Waals surface area contributed by atoms with Crippen LogP contribution in [0.3, 0.4) is 0 Å². The number of carbonyl (C=O) groups is 1. The molecule has 0 radical (unpaired) electrons. The first-order valence-corrected chi connectivity index (χ1v) is 9.34. The Balaban J connectivity index is 1.24. The van der Waals surface area contributed by atoms with Crippen LogP contribution in [0.2, 0.25) is 0 Å². The van der Waals surface area contributed by atoms with Crippen LogP contribution in [-0.4, -0.2) is 44.9 Å². The standard InChI is InChI=1S/C20H25N5O/c1-15-9-18(23-14-22-15)24-17-10-20(11-17)6-8-25(13-20)19(26)5-4-16-3-2-7-21-12-16/h2-3,7,9,12,14,17H,4-6,8,10-11,13H2,1H3,(H,22,23,24). The maximum atomic E-state index is 12.5. The normalized spacial score (nSPS) is 24.5. The van der Waals surface area contributed by atoms with Crippen LogP contribution in [-0.2, 0) is 11.2 Å². The summed E-state index contributed by atoms with van der Waals surface area (Å²) < 4.78 is 0. The smallest absolute Gasteiger partial charge is 0.222 e. The summed E-state index contributed by atoms with van der Waals surface area (Å²) in [6.45, 7) is 3.77. The molecule has 0 aromatic carbocycles. The van der Waals surface area contributed by atoms with E-state index in [1.54, 1.807) is 12.5 Å². The predicted octanol–water partition coefficient (Wildman–Crippen LogP) is 2.61. The molecule has 0 bridgehead atoms. The molecule has 2 aromatic heterocycles. The van der Waals surface area contributed by atoms with Gasteiger partial charge in [0.1, 0.15) is 12.1 Å². The highest BCUT2D eigenvalue weighted by Gasteiger charge is 2.49. The van der Waals surface area contributed by atoms with Crippen molar-refractivity contribution in [1.29, 1.82) is 0 Å². The second-order valence-electron chi connectivity index (χ2n) is 7.72. The minimum Gasteiger partial charge on any atom is -0.367 e. The van der Waals surface area contributed by atoms with Crippen molar-refractivity contribution in [2.45, 2.75) is 45.1 Å². The maximum absolute atomic E-state index is 12.5. The van der Waals surface area contributed by atoms with Gasteiger partial charge in [-0.15, -0.1) is 0 Å². The molecule has 1 amide bonds. The number of carbonyl (C=O) groups excluding carboxylic acids is 1. The molecule has 0 atom stereocenters. The molecule has 1 spiro atoms. The van der Waals surface area contributed by atoms with Crippen molar-refractivity contribution in [3.05, 3.63) is 48.2 Å². The van der Waals surface area contributed by atoms with E-state index in [1.807, 2.05) is 31.3 Å². The molecular weight excluding hydrogens is 326 g/mol. The van der Waals surface area contributed by atoms with Crippen LogP contribution in [0.1, 0.15) is 36.9 Å². The summed E-state index contributed by atoms with van der Waals surface area (Å²) in [4.78, 5) is 27.1. The fraction of sp³-hybridized carbons (Fsp3) is 0.500. The van der Waals surface area contributed by atoms with E-state index >= 15 is 0 Å². The SMILES string of the molecule is Cc1cc(NC2CC3(CCN(C(=O)CCc4cccnc4)C3)C2)ncn1. The summed E-state index contributed by atoms with van der Waals surface area (Å²) in [6, 6.07) is 6.39. The van der Waals surface area contributed by atoms with Crippen LogP contribution in [0.15, 0.2) is 36.9 Å². The molecule has 6 heteroatoms. The molecule has 4 rings (SSSR count). The number of hydrogen-bond acceptors (Lipinski definition) is 5. The first kappa shape index (κ1) is 16.9. The number of aryl methyl sites for hydroxylation is 2. The first-order chi connectivity index (χ1) is 12.6. The number of rotatable bonds is 5. The Hall–Kier alpha value is -2.50. The molecule has 2 fully saturated rings. The molecule has 6 nitrogen and oxygen atoms in total. The van der Waals surface area contributed by atoms with Gasteiger partial charge in [-0.1, -0.05) is 6.07 Å². The van der Waals surface area contributed by atoms with Crippen molar-refractivity contribution < 1.29 is 4.79 Å². The fourth-order valence-corrected chi connectivity index (χ4v) is 4.27. The average Bonchev–Trinajstić information content (AvgIpc) is 3.06. The van der Waals surface area contributed by atoms with Gasteiger partial charge in [0.2, 0.25) is 5.91 Å². The van der Waals surface area contributed by atoms with Gasteiger partial charge in [-0.3, -0.25) is 9.78 Å². The number of amides is 1. The number of pyridine rings is 1. The topological polar surface area (TPSA) is 71.0 Å². The van der Waals surface area contributed by atoms with E-state index in [0.717, 1.165) is 55.8 Å². The Morgan fingerprint density at radius 1 is 1.38 bits per heavy atom. The number of nitrogens with zero attached hydrogens (tertiary/aromatic N) is 4. The van der Waals surface area contributed by atoms with E-state index in [-0.39, 0.29) is 5.91 Å². The third kappa shape index (κ3) is 3.69. The maximum Gasteiger partial charge on any atom is 0.222 e. The average molecular weight is 351 g/mol. The van der Waals surface area contributed by atoms with E-state index in [1.165, 1.54) is 0 Å². The molecular formula is C20H25N5O. The Kier molecular flexibility index (Phi) is 4.57. The zero-order valence-corrected chi connectivity index (χ0v) is 15.2. The second kappa shape index (κ2) is 7.02. The Labute approximate surface area is 154 Å². The van der Waals surface area contributed by atoms with E-state index < -0.39 is 0 Å². The zero-order chi connectivity index (χ0) is 18.0. The Bertz CT molecular complexity index is 773. The predicted molar refractivity (Wildman–Crippen MR) is 99.6 cm³/mol. The molecule has 1 saturated heterocycles. The molecule has 1 saturated carbocycles. The zero-order valence-electron chi connectivity index (χ0n) is 15.2. The van der Waals surface area contributed by atoms with Gasteiger partial charge in [-0.05, 0) is 49.7 Å². The molecule has 26 heavy (non-hydrogen) atoms. The van der Waals surface area contributed by atoms with Crippen LogP contribution in [0.4, 0.5) is 5.82 Å². The highest BCUT2D eigenvalue weighted by Crippen LogP contribution is 2.49. The molecule has 0 unspecified atom stereocenters. The van der Waals surface area contributed by atoms with Gasteiger partial charge >= 0.3 is 0 Å². The van der Waals surface area contributed by atoms with E-state index in [2.05, 4.69) is 25.2 Å². The van der Waals surface area contributed by atoms with Crippen LogP contribution >= 0.6 is 0 Å². The van der Waals surface area contributed by atoms with E-state index in [4.69, 9.17) is 0 Å². The lowest BCUT2D eigenvalue weighted by atomic mass is 9.65. The summed E-state index contributed by atoms with van der Waals surface area (Å²) in [7, 11) is 0. The summed E-state index contributed by atoms with van der Waals surface area (Å²) in [5.41, 5.74) is 2.41. The van der Waals surface area contributed by atoms with Crippen molar-refractivity contribution in [3.63, 3.8) is 0 Å². The molecule has 1 N–H and O–H groups in total. The lowest BCUT2D eigenvalue weighted by molar-refractivity contribution is -0.130. The monoisotopic (exact) mass is 351 g/mol. The lowest BCUT2D eigenvalue weighted by Crippen LogP contribution is -2.47. The summed E-state index contributed by atoms with van der Waals surface area (Å²) in [6.07, 6.45) is 9.90.